The zero-order valence-corrected chi connectivity index (χ0v) is 11.2. The second kappa shape index (κ2) is 3.70. The highest BCUT2D eigenvalue weighted by Gasteiger charge is 2.60. The summed E-state index contributed by atoms with van der Waals surface area (Å²) in [7, 11) is 0. The van der Waals surface area contributed by atoms with Crippen LogP contribution in [-0.2, 0) is 4.79 Å². The number of likely N-dealkylation sites (tertiary alicyclic amines) is 1. The number of hydrogen-bond donors (Lipinski definition) is 1. The van der Waals surface area contributed by atoms with E-state index in [1.807, 2.05) is 0 Å². The first-order valence-electron chi connectivity index (χ1n) is 7.58. The highest BCUT2D eigenvalue weighted by molar-refractivity contribution is 5.92. The number of nitrogens with one attached hydrogen (secondary N) is 1. The Morgan fingerprint density at radius 2 is 2.06 bits per heavy atom. The minimum Gasteiger partial charge on any atom is -0.321 e. The summed E-state index contributed by atoms with van der Waals surface area (Å²) in [6.07, 6.45) is 7.36. The Morgan fingerprint density at radius 3 is 2.67 bits per heavy atom. The van der Waals surface area contributed by atoms with Crippen LogP contribution in [0.3, 0.4) is 0 Å². The second-order valence-corrected chi connectivity index (χ2v) is 6.53. The molecule has 4 fully saturated rings. The van der Waals surface area contributed by atoms with Crippen LogP contribution in [0.4, 0.5) is 0 Å². The molecule has 0 aromatic carbocycles. The molecule has 2 heterocycles. The first-order valence-corrected chi connectivity index (χ1v) is 7.58. The van der Waals surface area contributed by atoms with Crippen molar-refractivity contribution in [3.05, 3.63) is 0 Å². The molecule has 0 aromatic rings. The van der Waals surface area contributed by atoms with E-state index in [0.29, 0.717) is 18.1 Å². The average Bonchev–Trinajstić information content (AvgIpc) is 3.27. The number of carbonyl (C=O) groups is 1. The average molecular weight is 249 g/mol. The molecule has 1 spiro atoms. The van der Waals surface area contributed by atoms with Gasteiger partial charge in [0.25, 0.3) is 0 Å². The summed E-state index contributed by atoms with van der Waals surface area (Å²) < 4.78 is 0. The summed E-state index contributed by atoms with van der Waals surface area (Å²) in [4.78, 5) is 17.4. The number of carbonyl (C=O) groups excluding carboxylic acids is 1. The van der Waals surface area contributed by atoms with Gasteiger partial charge >= 0.3 is 0 Å². The molecule has 4 nitrogen and oxygen atoms in total. The first-order chi connectivity index (χ1) is 8.73. The van der Waals surface area contributed by atoms with Gasteiger partial charge in [-0.1, -0.05) is 6.92 Å². The molecule has 2 aliphatic heterocycles. The van der Waals surface area contributed by atoms with E-state index in [0.717, 1.165) is 31.8 Å². The predicted molar refractivity (Wildman–Crippen MR) is 69.0 cm³/mol. The SMILES string of the molecule is CCC1NC2(CC2)C(=O)N1C1CCN(C2CC2)C1. The highest BCUT2D eigenvalue weighted by atomic mass is 16.2. The van der Waals surface area contributed by atoms with Gasteiger partial charge in [0.1, 0.15) is 0 Å². The van der Waals surface area contributed by atoms with Crippen LogP contribution in [0.1, 0.15) is 45.4 Å². The highest BCUT2D eigenvalue weighted by Crippen LogP contribution is 2.44. The fraction of sp³-hybridized carbons (Fsp3) is 0.929. The van der Waals surface area contributed by atoms with Crippen molar-refractivity contribution in [3.8, 4) is 0 Å². The minimum absolute atomic E-state index is 0.131. The van der Waals surface area contributed by atoms with Crippen molar-refractivity contribution in [3.63, 3.8) is 0 Å². The third-order valence-electron chi connectivity index (χ3n) is 5.21. The van der Waals surface area contributed by atoms with E-state index in [2.05, 4.69) is 22.0 Å². The summed E-state index contributed by atoms with van der Waals surface area (Å²) in [5.41, 5.74) is -0.131. The number of amides is 1. The van der Waals surface area contributed by atoms with E-state index < -0.39 is 0 Å². The smallest absolute Gasteiger partial charge is 0.244 e. The monoisotopic (exact) mass is 249 g/mol. The summed E-state index contributed by atoms with van der Waals surface area (Å²) in [5.74, 6) is 0.400. The molecule has 2 saturated carbocycles. The molecular formula is C14H23N3O. The Morgan fingerprint density at radius 1 is 1.28 bits per heavy atom. The summed E-state index contributed by atoms with van der Waals surface area (Å²) in [6, 6.07) is 1.31. The lowest BCUT2D eigenvalue weighted by molar-refractivity contribution is -0.132. The lowest BCUT2D eigenvalue weighted by Gasteiger charge is -2.29. The fourth-order valence-corrected chi connectivity index (χ4v) is 3.81. The van der Waals surface area contributed by atoms with Gasteiger partial charge in [-0.05, 0) is 38.5 Å². The molecule has 2 atom stereocenters. The van der Waals surface area contributed by atoms with Crippen LogP contribution in [0.15, 0.2) is 0 Å². The standard InChI is InChI=1S/C14H23N3O/c1-2-12-15-14(6-7-14)13(18)17(12)11-5-8-16(9-11)10-3-4-10/h10-12,15H,2-9H2,1H3. The van der Waals surface area contributed by atoms with E-state index in [1.165, 1.54) is 25.8 Å². The number of hydrogen-bond acceptors (Lipinski definition) is 3. The van der Waals surface area contributed by atoms with Crippen LogP contribution in [0, 0.1) is 0 Å². The van der Waals surface area contributed by atoms with Crippen LogP contribution in [0.25, 0.3) is 0 Å². The maximum atomic E-state index is 12.6. The van der Waals surface area contributed by atoms with Crippen LogP contribution in [0.2, 0.25) is 0 Å². The summed E-state index contributed by atoms with van der Waals surface area (Å²) in [6.45, 7) is 4.50. The molecule has 100 valence electrons. The molecule has 2 unspecified atom stereocenters. The molecule has 18 heavy (non-hydrogen) atoms. The van der Waals surface area contributed by atoms with Crippen molar-refractivity contribution in [1.29, 1.82) is 0 Å². The Kier molecular flexibility index (Phi) is 2.31. The zero-order valence-electron chi connectivity index (χ0n) is 11.2. The molecule has 4 aliphatic rings. The Hall–Kier alpha value is -0.610. The minimum atomic E-state index is -0.131. The second-order valence-electron chi connectivity index (χ2n) is 6.53. The molecule has 1 N–H and O–H groups in total. The van der Waals surface area contributed by atoms with Crippen LogP contribution in [0.5, 0.6) is 0 Å². The number of rotatable bonds is 3. The van der Waals surface area contributed by atoms with Crippen molar-refractivity contribution < 1.29 is 4.79 Å². The summed E-state index contributed by atoms with van der Waals surface area (Å²) >= 11 is 0. The van der Waals surface area contributed by atoms with Crippen molar-refractivity contribution in [2.75, 3.05) is 13.1 Å². The molecular weight excluding hydrogens is 226 g/mol. The van der Waals surface area contributed by atoms with E-state index in [-0.39, 0.29) is 5.54 Å². The van der Waals surface area contributed by atoms with Gasteiger partial charge in [-0.25, -0.2) is 0 Å². The maximum Gasteiger partial charge on any atom is 0.244 e. The van der Waals surface area contributed by atoms with Gasteiger partial charge in [-0.2, -0.15) is 0 Å². The molecule has 0 radical (unpaired) electrons. The fourth-order valence-electron chi connectivity index (χ4n) is 3.81. The number of nitrogens with zero attached hydrogens (tertiary/aromatic N) is 2. The van der Waals surface area contributed by atoms with Gasteiger partial charge in [-0.3, -0.25) is 15.0 Å². The first kappa shape index (κ1) is 11.2. The van der Waals surface area contributed by atoms with Crippen molar-refractivity contribution in [2.24, 2.45) is 0 Å². The molecule has 4 rings (SSSR count). The van der Waals surface area contributed by atoms with E-state index in [9.17, 15) is 4.79 Å². The Balaban J connectivity index is 1.50. The van der Waals surface area contributed by atoms with Crippen LogP contribution in [-0.4, -0.2) is 52.6 Å². The van der Waals surface area contributed by atoms with Crippen LogP contribution < -0.4 is 5.32 Å². The van der Waals surface area contributed by atoms with Crippen molar-refractivity contribution >= 4 is 5.91 Å². The van der Waals surface area contributed by atoms with Gasteiger partial charge < -0.3 is 4.90 Å². The topological polar surface area (TPSA) is 35.6 Å². The molecule has 0 aromatic heterocycles. The van der Waals surface area contributed by atoms with Crippen molar-refractivity contribution in [2.45, 2.75) is 69.2 Å². The lowest BCUT2D eigenvalue weighted by atomic mass is 10.2. The molecule has 2 aliphatic carbocycles. The predicted octanol–water partition coefficient (Wildman–Crippen LogP) is 0.924. The van der Waals surface area contributed by atoms with Crippen molar-refractivity contribution in [1.82, 2.24) is 15.1 Å². The Labute approximate surface area is 109 Å². The van der Waals surface area contributed by atoms with E-state index in [4.69, 9.17) is 0 Å². The van der Waals surface area contributed by atoms with Gasteiger partial charge in [0.2, 0.25) is 5.91 Å². The largest absolute Gasteiger partial charge is 0.321 e. The van der Waals surface area contributed by atoms with Gasteiger partial charge in [-0.15, -0.1) is 0 Å². The quantitative estimate of drug-likeness (QED) is 0.808. The Bertz CT molecular complexity index is 375. The van der Waals surface area contributed by atoms with Gasteiger partial charge in [0.05, 0.1) is 11.7 Å². The van der Waals surface area contributed by atoms with Gasteiger partial charge in [0.15, 0.2) is 0 Å². The van der Waals surface area contributed by atoms with E-state index in [1.54, 1.807) is 0 Å². The van der Waals surface area contributed by atoms with Gasteiger partial charge in [0, 0.05) is 25.2 Å². The molecule has 4 heteroatoms. The zero-order chi connectivity index (χ0) is 12.3. The lowest BCUT2D eigenvalue weighted by Crippen LogP contribution is -2.45. The molecule has 2 saturated heterocycles. The summed E-state index contributed by atoms with van der Waals surface area (Å²) in [5, 5.41) is 3.59. The molecule has 0 bridgehead atoms. The third kappa shape index (κ3) is 1.55. The third-order valence-corrected chi connectivity index (χ3v) is 5.21. The van der Waals surface area contributed by atoms with Crippen LogP contribution >= 0.6 is 0 Å². The normalized spacial score (nSPS) is 38.9. The van der Waals surface area contributed by atoms with E-state index >= 15 is 0 Å². The molecule has 1 amide bonds. The maximum absolute atomic E-state index is 12.6.